The summed E-state index contributed by atoms with van der Waals surface area (Å²) < 4.78 is 5.75. The lowest BCUT2D eigenvalue weighted by molar-refractivity contribution is -0.143. The molecule has 0 bridgehead atoms. The molecule has 204 valence electrons. The van der Waals surface area contributed by atoms with Gasteiger partial charge in [-0.25, -0.2) is 4.79 Å². The number of ether oxygens (including phenoxy) is 1. The molecule has 2 fully saturated rings. The van der Waals surface area contributed by atoms with E-state index in [-0.39, 0.29) is 42.5 Å². The SMILES string of the molecule is CNC(=O)N1CC[C@H]2CC[C@@H](C(=O)N[C@@H]3CCOc4ccccc43)N2C(=O)[C@@H](NC[C@H](C)NC(C)C)C1. The molecule has 0 aromatic heterocycles. The van der Waals surface area contributed by atoms with Crippen molar-refractivity contribution in [2.75, 3.05) is 33.3 Å². The van der Waals surface area contributed by atoms with E-state index < -0.39 is 12.1 Å². The summed E-state index contributed by atoms with van der Waals surface area (Å²) in [6.45, 7) is 8.15. The van der Waals surface area contributed by atoms with Gasteiger partial charge in [-0.1, -0.05) is 32.0 Å². The van der Waals surface area contributed by atoms with Gasteiger partial charge in [-0.3, -0.25) is 9.59 Å². The van der Waals surface area contributed by atoms with Gasteiger partial charge in [0.1, 0.15) is 17.8 Å². The van der Waals surface area contributed by atoms with Crippen molar-refractivity contribution >= 4 is 17.8 Å². The normalized spacial score (nSPS) is 26.5. The fourth-order valence-corrected chi connectivity index (χ4v) is 5.83. The molecule has 10 heteroatoms. The Labute approximate surface area is 219 Å². The molecule has 3 heterocycles. The highest BCUT2D eigenvalue weighted by Crippen LogP contribution is 2.33. The van der Waals surface area contributed by atoms with Crippen LogP contribution in [0.2, 0.25) is 0 Å². The molecule has 0 saturated carbocycles. The highest BCUT2D eigenvalue weighted by Gasteiger charge is 2.45. The van der Waals surface area contributed by atoms with E-state index in [1.165, 1.54) is 0 Å². The van der Waals surface area contributed by atoms with Gasteiger partial charge in [0.25, 0.3) is 0 Å². The molecule has 3 aliphatic heterocycles. The lowest BCUT2D eigenvalue weighted by Crippen LogP contribution is -2.62. The van der Waals surface area contributed by atoms with Crippen LogP contribution in [0.25, 0.3) is 0 Å². The Morgan fingerprint density at radius 2 is 1.86 bits per heavy atom. The third-order valence-corrected chi connectivity index (χ3v) is 7.56. The average molecular weight is 515 g/mol. The number of benzene rings is 1. The Kier molecular flexibility index (Phi) is 8.91. The van der Waals surface area contributed by atoms with Gasteiger partial charge in [0.05, 0.1) is 12.6 Å². The van der Waals surface area contributed by atoms with E-state index >= 15 is 0 Å². The number of hydrogen-bond donors (Lipinski definition) is 4. The number of fused-ring (bicyclic) bond motifs is 2. The molecule has 0 unspecified atom stereocenters. The van der Waals surface area contributed by atoms with Crippen LogP contribution in [-0.4, -0.2) is 91.1 Å². The molecule has 0 spiro atoms. The lowest BCUT2D eigenvalue weighted by Gasteiger charge is -2.39. The zero-order valence-corrected chi connectivity index (χ0v) is 22.5. The molecular formula is C27H42N6O4. The quantitative estimate of drug-likeness (QED) is 0.437. The van der Waals surface area contributed by atoms with E-state index in [4.69, 9.17) is 4.74 Å². The van der Waals surface area contributed by atoms with Gasteiger partial charge in [0, 0.05) is 56.8 Å². The first-order valence-corrected chi connectivity index (χ1v) is 13.6. The Bertz CT molecular complexity index is 972. The van der Waals surface area contributed by atoms with Crippen molar-refractivity contribution in [1.82, 2.24) is 31.1 Å². The van der Waals surface area contributed by atoms with Crippen molar-refractivity contribution in [3.8, 4) is 5.75 Å². The number of rotatable bonds is 7. The standard InChI is InChI=1S/C27H42N6O4/c1-17(2)30-18(3)15-29-22-16-32(27(36)28-4)13-11-19-9-10-23(33(19)26(22)35)25(34)31-21-12-14-37-24-8-6-5-7-20(21)24/h5-8,17-19,21-23,29-30H,9-16H2,1-4H3,(H,28,36)(H,31,34)/t18-,19+,21+,22-,23-/m0/s1. The molecular weight excluding hydrogens is 472 g/mol. The minimum Gasteiger partial charge on any atom is -0.493 e. The van der Waals surface area contributed by atoms with Gasteiger partial charge in [0.2, 0.25) is 11.8 Å². The first-order chi connectivity index (χ1) is 17.8. The number of nitrogens with zero attached hydrogens (tertiary/aromatic N) is 2. The van der Waals surface area contributed by atoms with E-state index in [1.807, 2.05) is 24.3 Å². The zero-order chi connectivity index (χ0) is 26.5. The second-order valence-electron chi connectivity index (χ2n) is 10.7. The van der Waals surface area contributed by atoms with Gasteiger partial charge >= 0.3 is 6.03 Å². The van der Waals surface area contributed by atoms with Crippen LogP contribution in [0.3, 0.4) is 0 Å². The summed E-state index contributed by atoms with van der Waals surface area (Å²) in [5.41, 5.74) is 0.975. The molecule has 3 aliphatic rings. The number of para-hydroxylation sites is 1. The first-order valence-electron chi connectivity index (χ1n) is 13.6. The van der Waals surface area contributed by atoms with E-state index in [1.54, 1.807) is 16.8 Å². The second kappa shape index (κ2) is 12.1. The summed E-state index contributed by atoms with van der Waals surface area (Å²) in [5.74, 6) is 0.573. The summed E-state index contributed by atoms with van der Waals surface area (Å²) in [4.78, 5) is 43.6. The summed E-state index contributed by atoms with van der Waals surface area (Å²) in [6, 6.07) is 6.74. The Morgan fingerprint density at radius 1 is 1.08 bits per heavy atom. The highest BCUT2D eigenvalue weighted by molar-refractivity contribution is 5.91. The molecule has 1 aromatic rings. The van der Waals surface area contributed by atoms with Gasteiger partial charge < -0.3 is 35.8 Å². The summed E-state index contributed by atoms with van der Waals surface area (Å²) >= 11 is 0. The molecule has 1 aromatic carbocycles. The number of carbonyl (C=O) groups excluding carboxylic acids is 3. The number of carbonyl (C=O) groups is 3. The minimum absolute atomic E-state index is 0.0757. The third kappa shape index (κ3) is 6.35. The fourth-order valence-electron chi connectivity index (χ4n) is 5.83. The molecule has 4 amide bonds. The van der Waals surface area contributed by atoms with Gasteiger partial charge in [-0.15, -0.1) is 0 Å². The minimum atomic E-state index is -0.589. The second-order valence-corrected chi connectivity index (χ2v) is 10.7. The largest absolute Gasteiger partial charge is 0.493 e. The van der Waals surface area contributed by atoms with Crippen LogP contribution < -0.4 is 26.0 Å². The molecule has 10 nitrogen and oxygen atoms in total. The highest BCUT2D eigenvalue weighted by atomic mass is 16.5. The predicted molar refractivity (Wildman–Crippen MR) is 141 cm³/mol. The van der Waals surface area contributed by atoms with E-state index in [0.29, 0.717) is 45.0 Å². The van der Waals surface area contributed by atoms with E-state index in [0.717, 1.165) is 17.7 Å². The number of nitrogens with one attached hydrogen (secondary N) is 4. The van der Waals surface area contributed by atoms with Crippen LogP contribution >= 0.6 is 0 Å². The average Bonchev–Trinajstić information content (AvgIpc) is 3.30. The monoisotopic (exact) mass is 514 g/mol. The zero-order valence-electron chi connectivity index (χ0n) is 22.5. The maximum atomic E-state index is 14.0. The van der Waals surface area contributed by atoms with Crippen molar-refractivity contribution < 1.29 is 19.1 Å². The fraction of sp³-hybridized carbons (Fsp3) is 0.667. The predicted octanol–water partition coefficient (Wildman–Crippen LogP) is 1.38. The molecule has 2 saturated heterocycles. The van der Waals surface area contributed by atoms with Crippen LogP contribution in [0.4, 0.5) is 4.79 Å². The maximum Gasteiger partial charge on any atom is 0.317 e. The van der Waals surface area contributed by atoms with Crippen LogP contribution in [0.5, 0.6) is 5.75 Å². The van der Waals surface area contributed by atoms with Crippen LogP contribution in [0, 0.1) is 0 Å². The van der Waals surface area contributed by atoms with Crippen LogP contribution in [-0.2, 0) is 9.59 Å². The van der Waals surface area contributed by atoms with Gasteiger partial charge in [0.15, 0.2) is 0 Å². The van der Waals surface area contributed by atoms with E-state index in [2.05, 4.69) is 42.0 Å². The molecule has 4 rings (SSSR count). The summed E-state index contributed by atoms with van der Waals surface area (Å²) in [5, 5.41) is 12.7. The third-order valence-electron chi connectivity index (χ3n) is 7.56. The molecule has 5 atom stereocenters. The van der Waals surface area contributed by atoms with E-state index in [9.17, 15) is 14.4 Å². The number of amides is 4. The summed E-state index contributed by atoms with van der Waals surface area (Å²) in [6.07, 6.45) is 2.71. The van der Waals surface area contributed by atoms with Crippen molar-refractivity contribution in [2.45, 2.75) is 82.7 Å². The topological polar surface area (TPSA) is 115 Å². The Morgan fingerprint density at radius 3 is 2.62 bits per heavy atom. The maximum absolute atomic E-state index is 14.0. The molecule has 4 N–H and O–H groups in total. The van der Waals surface area contributed by atoms with Crippen LogP contribution in [0.15, 0.2) is 24.3 Å². The van der Waals surface area contributed by atoms with Crippen molar-refractivity contribution in [1.29, 1.82) is 0 Å². The number of urea groups is 1. The Balaban J connectivity index is 1.50. The Hall–Kier alpha value is -2.85. The molecule has 0 aliphatic carbocycles. The lowest BCUT2D eigenvalue weighted by atomic mass is 10.00. The first kappa shape index (κ1) is 27.2. The van der Waals surface area contributed by atoms with Gasteiger partial charge in [-0.05, 0) is 32.3 Å². The van der Waals surface area contributed by atoms with Crippen molar-refractivity contribution in [3.05, 3.63) is 29.8 Å². The van der Waals surface area contributed by atoms with Gasteiger partial charge in [-0.2, -0.15) is 0 Å². The number of hydrogen-bond acceptors (Lipinski definition) is 6. The van der Waals surface area contributed by atoms with Crippen molar-refractivity contribution in [3.63, 3.8) is 0 Å². The molecule has 37 heavy (non-hydrogen) atoms. The van der Waals surface area contributed by atoms with Crippen LogP contribution in [0.1, 0.15) is 58.1 Å². The molecule has 0 radical (unpaired) electrons. The smallest absolute Gasteiger partial charge is 0.317 e. The summed E-state index contributed by atoms with van der Waals surface area (Å²) in [7, 11) is 1.61. The van der Waals surface area contributed by atoms with Crippen molar-refractivity contribution in [2.24, 2.45) is 0 Å².